The molecule has 1 unspecified atom stereocenters. The van der Waals surface area contributed by atoms with E-state index in [9.17, 15) is 4.39 Å². The molecule has 2 aliphatic rings. The first kappa shape index (κ1) is 13.9. The van der Waals surface area contributed by atoms with Crippen molar-refractivity contribution in [3.05, 3.63) is 36.0 Å². The molecule has 2 aromatic heterocycles. The minimum absolute atomic E-state index is 0.141. The summed E-state index contributed by atoms with van der Waals surface area (Å²) < 4.78 is 17.1. The maximum atomic E-state index is 14.9. The van der Waals surface area contributed by atoms with Crippen molar-refractivity contribution in [2.45, 2.75) is 63.6 Å². The molecule has 1 saturated carbocycles. The third-order valence-electron chi connectivity index (χ3n) is 5.38. The van der Waals surface area contributed by atoms with Gasteiger partial charge in [-0.1, -0.05) is 19.3 Å². The first-order valence-corrected chi connectivity index (χ1v) is 8.35. The van der Waals surface area contributed by atoms with E-state index in [1.165, 1.54) is 17.5 Å². The van der Waals surface area contributed by atoms with Crippen LogP contribution in [0.3, 0.4) is 0 Å². The van der Waals surface area contributed by atoms with Gasteiger partial charge in [0.05, 0.1) is 30.0 Å². The molecular weight excluding hydrogens is 277 g/mol. The topological polar surface area (TPSA) is 30.7 Å². The molecule has 4 rings (SSSR count). The van der Waals surface area contributed by atoms with Crippen molar-refractivity contribution in [3.8, 4) is 11.3 Å². The number of halogens is 1. The van der Waals surface area contributed by atoms with Gasteiger partial charge >= 0.3 is 0 Å². The van der Waals surface area contributed by atoms with Gasteiger partial charge in [0.25, 0.3) is 0 Å². The van der Waals surface area contributed by atoms with Crippen molar-refractivity contribution in [2.24, 2.45) is 0 Å². The van der Waals surface area contributed by atoms with E-state index in [-0.39, 0.29) is 6.04 Å². The van der Waals surface area contributed by atoms with Gasteiger partial charge in [0, 0.05) is 11.8 Å². The van der Waals surface area contributed by atoms with Crippen LogP contribution in [-0.4, -0.2) is 20.2 Å². The highest BCUT2D eigenvalue weighted by Gasteiger charge is 2.36. The molecule has 116 valence electrons. The molecule has 0 radical (unpaired) electrons. The molecule has 0 bridgehead atoms. The highest BCUT2D eigenvalue weighted by atomic mass is 19.1. The van der Waals surface area contributed by atoms with Crippen LogP contribution in [0.4, 0.5) is 4.39 Å². The minimum atomic E-state index is -0.967. The standard InChI is InChI=1S/C18H22FN3/c1-13-6-10-21-17-14(22-12-20-11-15(22)16(13)17)5-9-18(19)7-3-2-4-8-18/h6,10-12,14H,2-5,7-9H2,1H3. The van der Waals surface area contributed by atoms with Gasteiger partial charge in [-0.05, 0) is 44.2 Å². The lowest BCUT2D eigenvalue weighted by molar-refractivity contribution is 0.0901. The van der Waals surface area contributed by atoms with Crippen molar-refractivity contribution in [1.82, 2.24) is 14.5 Å². The van der Waals surface area contributed by atoms with Crippen LogP contribution in [0.1, 0.15) is 62.2 Å². The molecule has 1 atom stereocenters. The van der Waals surface area contributed by atoms with Gasteiger partial charge in [-0.15, -0.1) is 0 Å². The lowest BCUT2D eigenvalue weighted by Crippen LogP contribution is -2.27. The zero-order valence-electron chi connectivity index (χ0n) is 13.1. The number of hydrogen-bond donors (Lipinski definition) is 0. The molecule has 1 aliphatic heterocycles. The first-order chi connectivity index (χ1) is 10.7. The Labute approximate surface area is 130 Å². The second-order valence-corrected chi connectivity index (χ2v) is 6.84. The first-order valence-electron chi connectivity index (χ1n) is 8.35. The second kappa shape index (κ2) is 5.18. The number of imidazole rings is 1. The normalized spacial score (nSPS) is 22.4. The Kier molecular flexibility index (Phi) is 3.28. The summed E-state index contributed by atoms with van der Waals surface area (Å²) in [5.74, 6) is 0. The van der Waals surface area contributed by atoms with E-state index in [1.54, 1.807) is 0 Å². The second-order valence-electron chi connectivity index (χ2n) is 6.84. The monoisotopic (exact) mass is 299 g/mol. The molecule has 22 heavy (non-hydrogen) atoms. The number of hydrogen-bond acceptors (Lipinski definition) is 2. The average molecular weight is 299 g/mol. The van der Waals surface area contributed by atoms with Gasteiger partial charge in [-0.25, -0.2) is 9.37 Å². The van der Waals surface area contributed by atoms with Gasteiger partial charge in [0.1, 0.15) is 5.67 Å². The van der Waals surface area contributed by atoms with E-state index in [4.69, 9.17) is 0 Å². The van der Waals surface area contributed by atoms with E-state index in [0.717, 1.165) is 43.5 Å². The SMILES string of the molecule is Cc1ccnc2c1-c1cncn1C2CCC1(F)CCCCC1. The summed E-state index contributed by atoms with van der Waals surface area (Å²) in [6, 6.07) is 2.18. The van der Waals surface area contributed by atoms with Gasteiger partial charge in [-0.3, -0.25) is 4.98 Å². The molecule has 3 heterocycles. The maximum absolute atomic E-state index is 14.9. The Morgan fingerprint density at radius 3 is 2.95 bits per heavy atom. The Balaban J connectivity index is 1.62. The zero-order chi connectivity index (χ0) is 15.2. The summed E-state index contributed by atoms with van der Waals surface area (Å²) in [5.41, 5.74) is 3.67. The van der Waals surface area contributed by atoms with Crippen LogP contribution in [0.5, 0.6) is 0 Å². The quantitative estimate of drug-likeness (QED) is 0.828. The molecule has 0 N–H and O–H groups in total. The van der Waals surface area contributed by atoms with E-state index in [2.05, 4.69) is 21.5 Å². The van der Waals surface area contributed by atoms with Crippen molar-refractivity contribution < 1.29 is 4.39 Å². The molecule has 2 aromatic rings. The summed E-state index contributed by atoms with van der Waals surface area (Å²) in [5, 5.41) is 0. The summed E-state index contributed by atoms with van der Waals surface area (Å²) in [4.78, 5) is 8.89. The van der Waals surface area contributed by atoms with Crippen molar-refractivity contribution >= 4 is 0 Å². The highest BCUT2D eigenvalue weighted by Crippen LogP contribution is 2.44. The molecule has 3 nitrogen and oxygen atoms in total. The summed E-state index contributed by atoms with van der Waals surface area (Å²) in [7, 11) is 0. The van der Waals surface area contributed by atoms with Gasteiger partial charge in [0.2, 0.25) is 0 Å². The number of pyridine rings is 1. The average Bonchev–Trinajstić information content (AvgIpc) is 3.07. The number of rotatable bonds is 3. The molecule has 0 saturated heterocycles. The molecule has 0 aromatic carbocycles. The number of alkyl halides is 1. The predicted molar refractivity (Wildman–Crippen MR) is 84.5 cm³/mol. The largest absolute Gasteiger partial charge is 0.321 e. The Bertz CT molecular complexity index is 685. The fraction of sp³-hybridized carbons (Fsp3) is 0.556. The summed E-state index contributed by atoms with van der Waals surface area (Å²) in [6.07, 6.45) is 11.8. The smallest absolute Gasteiger partial charge is 0.111 e. The molecule has 4 heteroatoms. The molecule has 0 spiro atoms. The van der Waals surface area contributed by atoms with Crippen LogP contribution in [0, 0.1) is 6.92 Å². The Morgan fingerprint density at radius 1 is 1.32 bits per heavy atom. The van der Waals surface area contributed by atoms with Crippen LogP contribution >= 0.6 is 0 Å². The zero-order valence-corrected chi connectivity index (χ0v) is 13.1. The summed E-state index contributed by atoms with van der Waals surface area (Å²) in [6.45, 7) is 2.11. The van der Waals surface area contributed by atoms with Crippen LogP contribution < -0.4 is 0 Å². The van der Waals surface area contributed by atoms with E-state index < -0.39 is 5.67 Å². The Hall–Kier alpha value is -1.71. The van der Waals surface area contributed by atoms with Gasteiger partial charge in [-0.2, -0.15) is 0 Å². The number of nitrogens with zero attached hydrogens (tertiary/aromatic N) is 3. The molecule has 1 fully saturated rings. The predicted octanol–water partition coefficient (Wildman–Crippen LogP) is 4.61. The van der Waals surface area contributed by atoms with E-state index in [1.807, 2.05) is 24.8 Å². The van der Waals surface area contributed by atoms with Crippen LogP contribution in [-0.2, 0) is 0 Å². The van der Waals surface area contributed by atoms with Crippen LogP contribution in [0.2, 0.25) is 0 Å². The Morgan fingerprint density at radius 2 is 2.14 bits per heavy atom. The number of fused-ring (bicyclic) bond motifs is 3. The molecule has 1 aliphatic carbocycles. The van der Waals surface area contributed by atoms with Gasteiger partial charge in [0.15, 0.2) is 0 Å². The number of aryl methyl sites for hydroxylation is 1. The lowest BCUT2D eigenvalue weighted by Gasteiger charge is -2.30. The fourth-order valence-corrected chi connectivity index (χ4v) is 4.15. The van der Waals surface area contributed by atoms with E-state index in [0.29, 0.717) is 6.42 Å². The van der Waals surface area contributed by atoms with Crippen molar-refractivity contribution in [2.75, 3.05) is 0 Å². The van der Waals surface area contributed by atoms with E-state index >= 15 is 0 Å². The van der Waals surface area contributed by atoms with Crippen molar-refractivity contribution in [1.29, 1.82) is 0 Å². The van der Waals surface area contributed by atoms with Crippen LogP contribution in [0.15, 0.2) is 24.8 Å². The molecular formula is C18H22FN3. The van der Waals surface area contributed by atoms with Crippen LogP contribution in [0.25, 0.3) is 11.3 Å². The fourth-order valence-electron chi connectivity index (χ4n) is 4.15. The summed E-state index contributed by atoms with van der Waals surface area (Å²) >= 11 is 0. The van der Waals surface area contributed by atoms with Crippen molar-refractivity contribution in [3.63, 3.8) is 0 Å². The third-order valence-corrected chi connectivity index (χ3v) is 5.38. The van der Waals surface area contributed by atoms with Gasteiger partial charge < -0.3 is 4.57 Å². The number of aromatic nitrogens is 3. The maximum Gasteiger partial charge on any atom is 0.111 e. The minimum Gasteiger partial charge on any atom is -0.321 e. The lowest BCUT2D eigenvalue weighted by atomic mass is 9.82. The molecule has 0 amide bonds. The third kappa shape index (κ3) is 2.16. The highest BCUT2D eigenvalue weighted by molar-refractivity contribution is 5.70.